The van der Waals surface area contributed by atoms with Gasteiger partial charge in [-0.15, -0.1) is 0 Å². The molecular weight excluding hydrogens is 386 g/mol. The zero-order valence-corrected chi connectivity index (χ0v) is 16.4. The molecule has 1 heterocycles. The molecule has 3 rings (SSSR count). The molecule has 2 N–H and O–H groups in total. The number of carbonyl (C=O) groups excluding carboxylic acids is 1. The van der Waals surface area contributed by atoms with Crippen molar-refractivity contribution in [1.82, 2.24) is 9.97 Å². The maximum atomic E-state index is 12.0. The number of esters is 1. The number of aliphatic hydroxyl groups is 1. The molecule has 152 valence electrons. The SMILES string of the molecule is COc1cc(/C=C/C(=O)OC/C(O)=C(\C#N)c2nc3ccccc3[nH]2)cc(OC)c1. The minimum Gasteiger partial charge on any atom is -0.507 e. The molecule has 1 aromatic heterocycles. The average Bonchev–Trinajstić information content (AvgIpc) is 3.20. The first-order valence-electron chi connectivity index (χ1n) is 8.89. The average molecular weight is 405 g/mol. The van der Waals surface area contributed by atoms with Crippen LogP contribution in [0.15, 0.2) is 54.3 Å². The van der Waals surface area contributed by atoms with E-state index in [4.69, 9.17) is 14.2 Å². The van der Waals surface area contributed by atoms with Crippen molar-refractivity contribution in [3.8, 4) is 17.6 Å². The lowest BCUT2D eigenvalue weighted by Crippen LogP contribution is -2.06. The second kappa shape index (κ2) is 9.30. The second-order valence-corrected chi connectivity index (χ2v) is 6.12. The van der Waals surface area contributed by atoms with Gasteiger partial charge in [-0.2, -0.15) is 5.26 Å². The van der Waals surface area contributed by atoms with Crippen molar-refractivity contribution in [2.75, 3.05) is 20.8 Å². The van der Waals surface area contributed by atoms with E-state index in [0.717, 1.165) is 5.52 Å². The summed E-state index contributed by atoms with van der Waals surface area (Å²) in [5.74, 6) is 0.262. The molecule has 0 aliphatic carbocycles. The molecule has 0 bridgehead atoms. The van der Waals surface area contributed by atoms with Gasteiger partial charge in [0.25, 0.3) is 0 Å². The maximum absolute atomic E-state index is 12.0. The molecule has 8 heteroatoms. The number of methoxy groups -OCH3 is 2. The van der Waals surface area contributed by atoms with Crippen LogP contribution in [0.1, 0.15) is 11.4 Å². The molecule has 0 unspecified atom stereocenters. The molecule has 2 aromatic carbocycles. The van der Waals surface area contributed by atoms with E-state index in [1.165, 1.54) is 26.4 Å². The van der Waals surface area contributed by atoms with Crippen molar-refractivity contribution in [2.45, 2.75) is 0 Å². The van der Waals surface area contributed by atoms with Crippen molar-refractivity contribution in [2.24, 2.45) is 0 Å². The highest BCUT2D eigenvalue weighted by Crippen LogP contribution is 2.23. The molecule has 3 aromatic rings. The number of hydrogen-bond donors (Lipinski definition) is 2. The lowest BCUT2D eigenvalue weighted by atomic mass is 10.2. The summed E-state index contributed by atoms with van der Waals surface area (Å²) in [7, 11) is 3.06. The van der Waals surface area contributed by atoms with Gasteiger partial charge >= 0.3 is 5.97 Å². The number of fused-ring (bicyclic) bond motifs is 1. The van der Waals surface area contributed by atoms with Crippen molar-refractivity contribution in [3.63, 3.8) is 0 Å². The van der Waals surface area contributed by atoms with Crippen molar-refractivity contribution >= 4 is 28.7 Å². The summed E-state index contributed by atoms with van der Waals surface area (Å²) in [6, 6.07) is 14.3. The van der Waals surface area contributed by atoms with Crippen LogP contribution < -0.4 is 9.47 Å². The number of H-pyrrole nitrogens is 1. The third-order valence-corrected chi connectivity index (χ3v) is 4.16. The maximum Gasteiger partial charge on any atom is 0.331 e. The summed E-state index contributed by atoms with van der Waals surface area (Å²) in [4.78, 5) is 19.2. The highest BCUT2D eigenvalue weighted by atomic mass is 16.5. The second-order valence-electron chi connectivity index (χ2n) is 6.12. The van der Waals surface area contributed by atoms with Gasteiger partial charge in [0, 0.05) is 12.1 Å². The molecule has 0 aliphatic heterocycles. The molecule has 0 amide bonds. The predicted molar refractivity (Wildman–Crippen MR) is 111 cm³/mol. The smallest absolute Gasteiger partial charge is 0.331 e. The Hall–Kier alpha value is -4.25. The molecule has 0 saturated carbocycles. The van der Waals surface area contributed by atoms with E-state index in [9.17, 15) is 15.2 Å². The predicted octanol–water partition coefficient (Wildman–Crippen LogP) is 3.63. The lowest BCUT2D eigenvalue weighted by molar-refractivity contribution is -0.137. The largest absolute Gasteiger partial charge is 0.507 e. The summed E-state index contributed by atoms with van der Waals surface area (Å²) >= 11 is 0. The number of rotatable bonds is 7. The number of benzene rings is 2. The number of hydrogen-bond acceptors (Lipinski definition) is 7. The molecule has 0 saturated heterocycles. The highest BCUT2D eigenvalue weighted by molar-refractivity contribution is 5.88. The molecule has 30 heavy (non-hydrogen) atoms. The Bertz CT molecular complexity index is 1120. The first-order chi connectivity index (χ1) is 14.5. The fourth-order valence-corrected chi connectivity index (χ4v) is 2.68. The van der Waals surface area contributed by atoms with E-state index < -0.39 is 18.3 Å². The molecule has 0 atom stereocenters. The van der Waals surface area contributed by atoms with Crippen LogP contribution >= 0.6 is 0 Å². The van der Waals surface area contributed by atoms with E-state index in [-0.39, 0.29) is 11.4 Å². The first-order valence-corrected chi connectivity index (χ1v) is 8.89. The number of allylic oxidation sites excluding steroid dienone is 1. The highest BCUT2D eigenvalue weighted by Gasteiger charge is 2.14. The molecule has 0 spiro atoms. The Labute approximate surface area is 172 Å². The topological polar surface area (TPSA) is 117 Å². The van der Waals surface area contributed by atoms with Crippen LogP contribution in [0, 0.1) is 11.3 Å². The zero-order chi connectivity index (χ0) is 21.5. The minimum atomic E-state index is -0.690. The summed E-state index contributed by atoms with van der Waals surface area (Å²) in [6.45, 7) is -0.468. The van der Waals surface area contributed by atoms with Gasteiger partial charge < -0.3 is 24.3 Å². The van der Waals surface area contributed by atoms with Crippen LogP contribution in [-0.4, -0.2) is 41.9 Å². The van der Waals surface area contributed by atoms with Gasteiger partial charge in [0.1, 0.15) is 29.7 Å². The van der Waals surface area contributed by atoms with Crippen LogP contribution in [0.4, 0.5) is 0 Å². The number of para-hydroxylation sites is 2. The van der Waals surface area contributed by atoms with E-state index >= 15 is 0 Å². The molecule has 8 nitrogen and oxygen atoms in total. The number of nitrogens with one attached hydrogen (secondary N) is 1. The monoisotopic (exact) mass is 405 g/mol. The van der Waals surface area contributed by atoms with Crippen molar-refractivity contribution in [1.29, 1.82) is 5.26 Å². The van der Waals surface area contributed by atoms with Crippen LogP contribution in [0.5, 0.6) is 11.5 Å². The van der Waals surface area contributed by atoms with Crippen LogP contribution in [0.2, 0.25) is 0 Å². The Balaban J connectivity index is 1.69. The fourth-order valence-electron chi connectivity index (χ4n) is 2.68. The van der Waals surface area contributed by atoms with Gasteiger partial charge in [-0.1, -0.05) is 12.1 Å². The summed E-state index contributed by atoms with van der Waals surface area (Å²) in [5, 5.41) is 19.6. The summed E-state index contributed by atoms with van der Waals surface area (Å²) < 4.78 is 15.4. The fraction of sp³-hybridized carbons (Fsp3) is 0.136. The standard InChI is InChI=1S/C22H19N3O5/c1-28-15-9-14(10-16(11-15)29-2)7-8-21(27)30-13-20(26)17(12-23)22-24-18-5-3-4-6-19(18)25-22/h3-11,26H,13H2,1-2H3,(H,24,25)/b8-7+,20-17-. The Morgan fingerprint density at radius 1 is 1.20 bits per heavy atom. The zero-order valence-electron chi connectivity index (χ0n) is 16.4. The normalized spacial score (nSPS) is 11.8. The molecule has 0 aliphatic rings. The van der Waals surface area contributed by atoms with E-state index in [0.29, 0.717) is 22.6 Å². The number of aromatic nitrogens is 2. The quantitative estimate of drug-likeness (QED) is 0.267. The third-order valence-electron chi connectivity index (χ3n) is 4.16. The van der Waals surface area contributed by atoms with E-state index in [1.807, 2.05) is 18.2 Å². The minimum absolute atomic E-state index is 0.0967. The number of aromatic amines is 1. The van der Waals surface area contributed by atoms with Crippen molar-refractivity contribution < 1.29 is 24.1 Å². The number of carbonyl (C=O) groups is 1. The Kier molecular flexibility index (Phi) is 6.35. The van der Waals surface area contributed by atoms with Gasteiger partial charge in [-0.3, -0.25) is 0 Å². The first kappa shape index (κ1) is 20.5. The van der Waals surface area contributed by atoms with Gasteiger partial charge in [0.15, 0.2) is 11.6 Å². The van der Waals surface area contributed by atoms with E-state index in [1.54, 1.807) is 30.3 Å². The molecule has 0 fully saturated rings. The van der Waals surface area contributed by atoms with Crippen LogP contribution in [0.3, 0.4) is 0 Å². The molecular formula is C22H19N3O5. The summed E-state index contributed by atoms with van der Waals surface area (Å²) in [6.07, 6.45) is 2.73. The van der Waals surface area contributed by atoms with Gasteiger partial charge in [0.05, 0.1) is 25.3 Å². The number of nitrogens with zero attached hydrogens (tertiary/aromatic N) is 2. The van der Waals surface area contributed by atoms with Gasteiger partial charge in [0.2, 0.25) is 0 Å². The van der Waals surface area contributed by atoms with Crippen LogP contribution in [-0.2, 0) is 9.53 Å². The number of nitriles is 1. The molecule has 0 radical (unpaired) electrons. The lowest BCUT2D eigenvalue weighted by Gasteiger charge is -2.06. The third kappa shape index (κ3) is 4.77. The van der Waals surface area contributed by atoms with Crippen molar-refractivity contribution in [3.05, 3.63) is 65.7 Å². The van der Waals surface area contributed by atoms with Gasteiger partial charge in [-0.05, 0) is 35.9 Å². The number of imidazole rings is 1. The van der Waals surface area contributed by atoms with Gasteiger partial charge in [-0.25, -0.2) is 9.78 Å². The Morgan fingerprint density at radius 2 is 1.90 bits per heavy atom. The Morgan fingerprint density at radius 3 is 2.53 bits per heavy atom. The van der Waals surface area contributed by atoms with Crippen LogP contribution in [0.25, 0.3) is 22.7 Å². The van der Waals surface area contributed by atoms with E-state index in [2.05, 4.69) is 9.97 Å². The summed E-state index contributed by atoms with van der Waals surface area (Å²) in [5.41, 5.74) is 1.95. The number of ether oxygens (including phenoxy) is 3. The number of aliphatic hydroxyl groups excluding tert-OH is 1.